The van der Waals surface area contributed by atoms with Crippen molar-refractivity contribution in [2.24, 2.45) is 5.92 Å². The van der Waals surface area contributed by atoms with Crippen molar-refractivity contribution in [1.29, 1.82) is 0 Å². The topological polar surface area (TPSA) is 113 Å². The molecule has 1 aliphatic carbocycles. The van der Waals surface area contributed by atoms with Gasteiger partial charge in [0.25, 0.3) is 5.56 Å². The fourth-order valence-electron chi connectivity index (χ4n) is 4.41. The molecule has 1 aromatic heterocycles. The largest absolute Gasteiger partial charge is 0.383 e. The first-order chi connectivity index (χ1) is 15.3. The fourth-order valence-corrected chi connectivity index (χ4v) is 4.41. The van der Waals surface area contributed by atoms with Gasteiger partial charge in [-0.15, -0.1) is 0 Å². The highest BCUT2D eigenvalue weighted by atomic mass is 16.2. The lowest BCUT2D eigenvalue weighted by atomic mass is 9.88. The molecule has 0 fully saturated rings. The molecule has 0 bridgehead atoms. The van der Waals surface area contributed by atoms with Crippen molar-refractivity contribution in [3.8, 4) is 0 Å². The number of nitrogen functional groups attached to an aromatic ring is 1. The standard InChI is InChI=1S/C24H35N5O3/c1-4-5-13-29-22(25)21(23(31)27-24(29)32)28(14-16(2)3)15-20(30)26-19-12-8-10-17-9-6-7-11-18(17)19/h6-7,9,11,16,19H,4-5,8,10,12-15,25H2,1-3H3,(H,26,30)(H,27,31,32). The van der Waals surface area contributed by atoms with Gasteiger partial charge in [-0.25, -0.2) is 4.79 Å². The molecule has 1 heterocycles. The molecule has 1 unspecified atom stereocenters. The molecule has 4 N–H and O–H groups in total. The van der Waals surface area contributed by atoms with Gasteiger partial charge < -0.3 is 16.0 Å². The van der Waals surface area contributed by atoms with Crippen LogP contribution < -0.4 is 27.2 Å². The Balaban J connectivity index is 1.86. The molecule has 1 aliphatic rings. The van der Waals surface area contributed by atoms with E-state index in [1.54, 1.807) is 4.90 Å². The predicted octanol–water partition coefficient (Wildman–Crippen LogP) is 2.58. The molecule has 1 atom stereocenters. The minimum absolute atomic E-state index is 0.00386. The van der Waals surface area contributed by atoms with Crippen molar-refractivity contribution >= 4 is 17.4 Å². The summed E-state index contributed by atoms with van der Waals surface area (Å²) in [4.78, 5) is 42.2. The first-order valence-electron chi connectivity index (χ1n) is 11.6. The maximum absolute atomic E-state index is 13.1. The first kappa shape index (κ1) is 23.6. The van der Waals surface area contributed by atoms with Gasteiger partial charge in [0.15, 0.2) is 0 Å². The second kappa shape index (κ2) is 10.5. The normalized spacial score (nSPS) is 15.4. The second-order valence-corrected chi connectivity index (χ2v) is 8.98. The van der Waals surface area contributed by atoms with Crippen LogP contribution in [0.5, 0.6) is 0 Å². The van der Waals surface area contributed by atoms with Crippen LogP contribution in [0.2, 0.25) is 0 Å². The quantitative estimate of drug-likeness (QED) is 0.554. The van der Waals surface area contributed by atoms with Gasteiger partial charge in [0, 0.05) is 13.1 Å². The van der Waals surface area contributed by atoms with Crippen molar-refractivity contribution < 1.29 is 4.79 Å². The van der Waals surface area contributed by atoms with Crippen LogP contribution in [0.3, 0.4) is 0 Å². The number of rotatable bonds is 9. The summed E-state index contributed by atoms with van der Waals surface area (Å²) in [5.74, 6) is 0.133. The average molecular weight is 442 g/mol. The Morgan fingerprint density at radius 1 is 1.31 bits per heavy atom. The third-order valence-electron chi connectivity index (χ3n) is 5.89. The predicted molar refractivity (Wildman–Crippen MR) is 128 cm³/mol. The fraction of sp³-hybridized carbons (Fsp3) is 0.542. The van der Waals surface area contributed by atoms with E-state index >= 15 is 0 Å². The average Bonchev–Trinajstić information content (AvgIpc) is 2.73. The lowest BCUT2D eigenvalue weighted by molar-refractivity contribution is -0.120. The number of fused-ring (bicyclic) bond motifs is 1. The SMILES string of the molecule is CCCCn1c(N)c(N(CC(=O)NC2CCCc3ccccc32)CC(C)C)c(=O)[nH]c1=O. The van der Waals surface area contributed by atoms with E-state index in [9.17, 15) is 14.4 Å². The lowest BCUT2D eigenvalue weighted by Crippen LogP contribution is -2.45. The van der Waals surface area contributed by atoms with E-state index in [0.717, 1.165) is 37.7 Å². The van der Waals surface area contributed by atoms with E-state index in [1.807, 2.05) is 32.9 Å². The molecule has 32 heavy (non-hydrogen) atoms. The Bertz CT molecular complexity index is 1060. The van der Waals surface area contributed by atoms with Crippen LogP contribution in [0.25, 0.3) is 0 Å². The zero-order chi connectivity index (χ0) is 23.3. The number of nitrogens with zero attached hydrogens (tertiary/aromatic N) is 2. The summed E-state index contributed by atoms with van der Waals surface area (Å²) >= 11 is 0. The number of aromatic amines is 1. The molecule has 3 rings (SSSR count). The molecule has 8 heteroatoms. The van der Waals surface area contributed by atoms with Crippen LogP contribution in [0.15, 0.2) is 33.9 Å². The molecule has 1 amide bonds. The summed E-state index contributed by atoms with van der Waals surface area (Å²) in [6, 6.07) is 8.16. The van der Waals surface area contributed by atoms with Gasteiger partial charge in [-0.3, -0.25) is 19.1 Å². The Kier molecular flexibility index (Phi) is 7.77. The first-order valence-corrected chi connectivity index (χ1v) is 11.6. The van der Waals surface area contributed by atoms with E-state index in [0.29, 0.717) is 13.1 Å². The summed E-state index contributed by atoms with van der Waals surface area (Å²) < 4.78 is 1.39. The number of benzene rings is 1. The van der Waals surface area contributed by atoms with Crippen molar-refractivity contribution in [2.75, 3.05) is 23.7 Å². The van der Waals surface area contributed by atoms with Gasteiger partial charge in [-0.1, -0.05) is 51.5 Å². The van der Waals surface area contributed by atoms with Crippen LogP contribution >= 0.6 is 0 Å². The van der Waals surface area contributed by atoms with Crippen LogP contribution in [0.1, 0.15) is 63.6 Å². The highest BCUT2D eigenvalue weighted by Gasteiger charge is 2.25. The molecule has 0 aliphatic heterocycles. The Hall–Kier alpha value is -3.03. The summed E-state index contributed by atoms with van der Waals surface area (Å²) in [6.45, 7) is 6.93. The third-order valence-corrected chi connectivity index (χ3v) is 5.89. The number of aryl methyl sites for hydroxylation is 1. The molecule has 0 radical (unpaired) electrons. The molecule has 2 aromatic rings. The molecular weight excluding hydrogens is 406 g/mol. The van der Waals surface area contributed by atoms with Crippen molar-refractivity contribution in [2.45, 2.75) is 65.5 Å². The third kappa shape index (κ3) is 5.41. The van der Waals surface area contributed by atoms with Crippen LogP contribution in [-0.2, 0) is 17.8 Å². The number of carbonyl (C=O) groups is 1. The highest BCUT2D eigenvalue weighted by molar-refractivity contribution is 5.83. The van der Waals surface area contributed by atoms with Crippen molar-refractivity contribution in [1.82, 2.24) is 14.9 Å². The summed E-state index contributed by atoms with van der Waals surface area (Å²) in [7, 11) is 0. The van der Waals surface area contributed by atoms with E-state index in [-0.39, 0.29) is 35.9 Å². The van der Waals surface area contributed by atoms with Gasteiger partial charge in [0.1, 0.15) is 11.5 Å². The zero-order valence-electron chi connectivity index (χ0n) is 19.3. The van der Waals surface area contributed by atoms with Gasteiger partial charge in [-0.2, -0.15) is 0 Å². The minimum atomic E-state index is -0.559. The van der Waals surface area contributed by atoms with Crippen LogP contribution in [0.4, 0.5) is 11.5 Å². The number of amides is 1. The number of unbranched alkanes of at least 4 members (excludes halogenated alkanes) is 1. The maximum Gasteiger partial charge on any atom is 0.330 e. The van der Waals surface area contributed by atoms with E-state index in [4.69, 9.17) is 5.73 Å². The lowest BCUT2D eigenvalue weighted by Gasteiger charge is -2.30. The van der Waals surface area contributed by atoms with Gasteiger partial charge in [0.05, 0.1) is 12.6 Å². The molecule has 174 valence electrons. The molecular formula is C24H35N5O3. The number of anilines is 2. The smallest absolute Gasteiger partial charge is 0.330 e. The minimum Gasteiger partial charge on any atom is -0.383 e. The summed E-state index contributed by atoms with van der Waals surface area (Å²) in [5.41, 5.74) is 7.84. The maximum atomic E-state index is 13.1. The number of hydrogen-bond donors (Lipinski definition) is 3. The molecule has 0 saturated heterocycles. The van der Waals surface area contributed by atoms with Crippen molar-refractivity contribution in [3.05, 3.63) is 56.2 Å². The van der Waals surface area contributed by atoms with E-state index in [2.05, 4.69) is 22.4 Å². The number of carbonyl (C=O) groups excluding carboxylic acids is 1. The van der Waals surface area contributed by atoms with Crippen LogP contribution in [0, 0.1) is 5.92 Å². The monoisotopic (exact) mass is 441 g/mol. The summed E-state index contributed by atoms with van der Waals surface area (Å²) in [6.07, 6.45) is 4.58. The molecule has 0 spiro atoms. The van der Waals surface area contributed by atoms with Gasteiger partial charge >= 0.3 is 5.69 Å². The van der Waals surface area contributed by atoms with Crippen LogP contribution in [-0.4, -0.2) is 28.5 Å². The Labute approximate surface area is 188 Å². The van der Waals surface area contributed by atoms with E-state index in [1.165, 1.54) is 10.1 Å². The Morgan fingerprint density at radius 2 is 2.06 bits per heavy atom. The molecule has 1 aromatic carbocycles. The summed E-state index contributed by atoms with van der Waals surface area (Å²) in [5, 5.41) is 3.15. The molecule has 0 saturated carbocycles. The number of aromatic nitrogens is 2. The number of hydrogen-bond acceptors (Lipinski definition) is 5. The second-order valence-electron chi connectivity index (χ2n) is 8.98. The van der Waals surface area contributed by atoms with E-state index < -0.39 is 11.2 Å². The number of nitrogens with two attached hydrogens (primary N) is 1. The van der Waals surface area contributed by atoms with Gasteiger partial charge in [-0.05, 0) is 42.7 Å². The number of nitrogens with one attached hydrogen (secondary N) is 2. The van der Waals surface area contributed by atoms with Gasteiger partial charge in [0.2, 0.25) is 5.91 Å². The Morgan fingerprint density at radius 3 is 2.78 bits per heavy atom. The molecule has 8 nitrogen and oxygen atoms in total. The zero-order valence-corrected chi connectivity index (χ0v) is 19.3. The van der Waals surface area contributed by atoms with Crippen molar-refractivity contribution in [3.63, 3.8) is 0 Å². The number of H-pyrrole nitrogens is 1. The highest BCUT2D eigenvalue weighted by Crippen LogP contribution is 2.29.